The number of nitrogens with zero attached hydrogens (tertiary/aromatic N) is 2. The molecule has 0 unspecified atom stereocenters. The van der Waals surface area contributed by atoms with E-state index >= 15 is 0 Å². The van der Waals surface area contributed by atoms with Gasteiger partial charge in [0.25, 0.3) is 0 Å². The smallest absolute Gasteiger partial charge is 0.348 e. The van der Waals surface area contributed by atoms with Gasteiger partial charge in [0.2, 0.25) is 0 Å². The van der Waals surface area contributed by atoms with Gasteiger partial charge in [-0.2, -0.15) is 5.10 Å². The van der Waals surface area contributed by atoms with E-state index in [1.165, 1.54) is 11.3 Å². The molecule has 0 amide bonds. The molecule has 0 bridgehead atoms. The van der Waals surface area contributed by atoms with Crippen LogP contribution in [0.5, 0.6) is 5.75 Å². The average Bonchev–Trinajstić information content (AvgIpc) is 3.28. The molecule has 2 heterocycles. The van der Waals surface area contributed by atoms with Gasteiger partial charge in [-0.1, -0.05) is 41.9 Å². The van der Waals surface area contributed by atoms with Gasteiger partial charge in [-0.05, 0) is 37.3 Å². The third-order valence-electron chi connectivity index (χ3n) is 4.16. The fourth-order valence-corrected chi connectivity index (χ4v) is 4.08. The highest BCUT2D eigenvalue weighted by molar-refractivity contribution is 7.20. The number of ether oxygens (including phenoxy) is 2. The minimum absolute atomic E-state index is 0.141. The maximum atomic E-state index is 12.4. The van der Waals surface area contributed by atoms with Gasteiger partial charge in [0.1, 0.15) is 28.7 Å². The first kappa shape index (κ1) is 18.5. The molecule has 0 aliphatic carbocycles. The number of carbonyl (C=O) groups excluding carboxylic acids is 1. The number of aryl methyl sites for hydroxylation is 1. The molecule has 0 atom stereocenters. The van der Waals surface area contributed by atoms with Gasteiger partial charge in [-0.3, -0.25) is 0 Å². The number of para-hydroxylation sites is 2. The molecule has 0 saturated heterocycles. The summed E-state index contributed by atoms with van der Waals surface area (Å²) in [5.41, 5.74) is 1.83. The van der Waals surface area contributed by atoms with Gasteiger partial charge in [0, 0.05) is 5.39 Å². The second-order valence-corrected chi connectivity index (χ2v) is 7.51. The van der Waals surface area contributed by atoms with Crippen molar-refractivity contribution in [3.63, 3.8) is 0 Å². The number of halogens is 1. The van der Waals surface area contributed by atoms with E-state index in [9.17, 15) is 4.79 Å². The van der Waals surface area contributed by atoms with Crippen LogP contribution < -0.4 is 4.74 Å². The fraction of sp³-hybridized carbons (Fsp3) is 0.143. The van der Waals surface area contributed by atoms with E-state index in [1.807, 2.05) is 60.1 Å². The Bertz CT molecular complexity index is 1120. The number of carbonyl (C=O) groups is 1. The fourth-order valence-electron chi connectivity index (χ4n) is 2.81. The zero-order chi connectivity index (χ0) is 19.5. The van der Waals surface area contributed by atoms with E-state index in [4.69, 9.17) is 21.1 Å². The molecule has 0 spiro atoms. The molecular formula is C21H17ClN2O3S. The van der Waals surface area contributed by atoms with Gasteiger partial charge >= 0.3 is 5.97 Å². The van der Waals surface area contributed by atoms with Gasteiger partial charge in [-0.15, -0.1) is 11.3 Å². The first-order chi connectivity index (χ1) is 13.6. The molecule has 0 N–H and O–H groups in total. The quantitative estimate of drug-likeness (QED) is 0.319. The van der Waals surface area contributed by atoms with Crippen LogP contribution in [-0.4, -0.2) is 29.0 Å². The van der Waals surface area contributed by atoms with Crippen molar-refractivity contribution in [1.82, 2.24) is 9.78 Å². The number of aromatic nitrogens is 2. The Morgan fingerprint density at radius 1 is 1.11 bits per heavy atom. The molecule has 4 rings (SSSR count). The van der Waals surface area contributed by atoms with Crippen LogP contribution in [0.2, 0.25) is 5.02 Å². The summed E-state index contributed by atoms with van der Waals surface area (Å²) in [4.78, 5) is 13.9. The topological polar surface area (TPSA) is 53.4 Å². The largest absolute Gasteiger partial charge is 0.488 e. The number of thiophene rings is 1. The first-order valence-corrected chi connectivity index (χ1v) is 9.92. The van der Waals surface area contributed by atoms with Crippen molar-refractivity contribution in [3.8, 4) is 11.4 Å². The average molecular weight is 413 g/mol. The monoisotopic (exact) mass is 412 g/mol. The molecule has 7 heteroatoms. The second kappa shape index (κ2) is 8.04. The summed E-state index contributed by atoms with van der Waals surface area (Å²) in [6, 6.07) is 18.9. The molecule has 2 aromatic carbocycles. The molecule has 5 nitrogen and oxygen atoms in total. The van der Waals surface area contributed by atoms with E-state index in [0.717, 1.165) is 21.6 Å². The van der Waals surface area contributed by atoms with Crippen LogP contribution in [0, 0.1) is 6.92 Å². The highest BCUT2D eigenvalue weighted by Gasteiger charge is 2.18. The number of fused-ring (bicyclic) bond motifs is 1. The standard InChI is InChI=1S/C21H17ClN2O3S/c1-14-16-13-19(28-20(16)24(23-14)15-7-3-2-4-8-15)21(25)27-12-11-26-18-10-6-5-9-17(18)22/h2-10,13H,11-12H2,1H3. The summed E-state index contributed by atoms with van der Waals surface area (Å²) in [6.45, 7) is 2.31. The van der Waals surface area contributed by atoms with Crippen molar-refractivity contribution >= 4 is 39.1 Å². The van der Waals surface area contributed by atoms with Crippen molar-refractivity contribution in [2.75, 3.05) is 13.2 Å². The number of hydrogen-bond donors (Lipinski definition) is 0. The molecule has 4 aromatic rings. The van der Waals surface area contributed by atoms with Gasteiger partial charge < -0.3 is 9.47 Å². The van der Waals surface area contributed by atoms with Crippen molar-refractivity contribution in [1.29, 1.82) is 0 Å². The highest BCUT2D eigenvalue weighted by Crippen LogP contribution is 2.30. The minimum atomic E-state index is -0.372. The van der Waals surface area contributed by atoms with E-state index in [-0.39, 0.29) is 19.2 Å². The molecule has 0 fully saturated rings. The number of esters is 1. The Balaban J connectivity index is 1.44. The number of benzene rings is 2. The lowest BCUT2D eigenvalue weighted by Gasteiger charge is -2.08. The summed E-state index contributed by atoms with van der Waals surface area (Å²) < 4.78 is 12.7. The lowest BCUT2D eigenvalue weighted by molar-refractivity contribution is 0.0456. The van der Waals surface area contributed by atoms with Gasteiger partial charge in [0.05, 0.1) is 16.4 Å². The van der Waals surface area contributed by atoms with Gasteiger partial charge in [0.15, 0.2) is 0 Å². The number of rotatable bonds is 6. The molecule has 0 radical (unpaired) electrons. The second-order valence-electron chi connectivity index (χ2n) is 6.08. The zero-order valence-corrected chi connectivity index (χ0v) is 16.7. The third kappa shape index (κ3) is 3.74. The van der Waals surface area contributed by atoms with Crippen LogP contribution in [0.3, 0.4) is 0 Å². The van der Waals surface area contributed by atoms with Crippen LogP contribution in [0.4, 0.5) is 0 Å². The molecule has 2 aromatic heterocycles. The van der Waals surface area contributed by atoms with Crippen LogP contribution >= 0.6 is 22.9 Å². The van der Waals surface area contributed by atoms with Crippen molar-refractivity contribution < 1.29 is 14.3 Å². The lowest BCUT2D eigenvalue weighted by Crippen LogP contribution is -2.11. The van der Waals surface area contributed by atoms with Crippen LogP contribution in [0.15, 0.2) is 60.7 Å². The molecular weight excluding hydrogens is 396 g/mol. The zero-order valence-electron chi connectivity index (χ0n) is 15.1. The lowest BCUT2D eigenvalue weighted by atomic mass is 10.3. The predicted molar refractivity (Wildman–Crippen MR) is 111 cm³/mol. The Kier molecular flexibility index (Phi) is 5.32. The van der Waals surface area contributed by atoms with E-state index in [2.05, 4.69) is 5.10 Å². The normalized spacial score (nSPS) is 10.9. The Morgan fingerprint density at radius 2 is 1.86 bits per heavy atom. The molecule has 142 valence electrons. The Labute approximate surface area is 171 Å². The van der Waals surface area contributed by atoms with Gasteiger partial charge in [-0.25, -0.2) is 9.48 Å². The van der Waals surface area contributed by atoms with E-state index in [0.29, 0.717) is 15.6 Å². The Hall–Kier alpha value is -2.83. The van der Waals surface area contributed by atoms with Crippen molar-refractivity contribution in [2.24, 2.45) is 0 Å². The summed E-state index contributed by atoms with van der Waals surface area (Å²) in [5, 5.41) is 6.06. The van der Waals surface area contributed by atoms with Crippen LogP contribution in [-0.2, 0) is 4.74 Å². The maximum absolute atomic E-state index is 12.4. The summed E-state index contributed by atoms with van der Waals surface area (Å²) >= 11 is 7.40. The third-order valence-corrected chi connectivity index (χ3v) is 5.56. The van der Waals surface area contributed by atoms with Crippen LogP contribution in [0.1, 0.15) is 15.4 Å². The highest BCUT2D eigenvalue weighted by atomic mass is 35.5. The molecule has 0 aliphatic heterocycles. The predicted octanol–water partition coefficient (Wildman–Crippen LogP) is 5.28. The number of hydrogen-bond acceptors (Lipinski definition) is 5. The summed E-state index contributed by atoms with van der Waals surface area (Å²) in [5.74, 6) is 0.198. The van der Waals surface area contributed by atoms with Crippen molar-refractivity contribution in [2.45, 2.75) is 6.92 Å². The van der Waals surface area contributed by atoms with Crippen molar-refractivity contribution in [3.05, 3.63) is 76.3 Å². The SMILES string of the molecule is Cc1nn(-c2ccccc2)c2sc(C(=O)OCCOc3ccccc3Cl)cc12. The minimum Gasteiger partial charge on any atom is -0.488 e. The Morgan fingerprint density at radius 3 is 2.64 bits per heavy atom. The first-order valence-electron chi connectivity index (χ1n) is 8.72. The molecule has 28 heavy (non-hydrogen) atoms. The molecule has 0 aliphatic rings. The maximum Gasteiger partial charge on any atom is 0.348 e. The van der Waals surface area contributed by atoms with Crippen LogP contribution in [0.25, 0.3) is 15.9 Å². The summed E-state index contributed by atoms with van der Waals surface area (Å²) in [6.07, 6.45) is 0. The molecule has 0 saturated carbocycles. The summed E-state index contributed by atoms with van der Waals surface area (Å²) in [7, 11) is 0. The van der Waals surface area contributed by atoms with E-state index in [1.54, 1.807) is 12.1 Å². The van der Waals surface area contributed by atoms with E-state index < -0.39 is 0 Å².